The fourth-order valence-electron chi connectivity index (χ4n) is 2.57. The molecule has 2 rings (SSSR count). The summed E-state index contributed by atoms with van der Waals surface area (Å²) in [6.07, 6.45) is 7.24. The minimum Gasteiger partial charge on any atom is -0.384 e. The van der Waals surface area contributed by atoms with Gasteiger partial charge in [-0.3, -0.25) is 0 Å². The molecule has 3 N–H and O–H groups in total. The normalized spacial score (nSPS) is 23.6. The second kappa shape index (κ2) is 6.20. The van der Waals surface area contributed by atoms with E-state index in [0.29, 0.717) is 11.9 Å². The van der Waals surface area contributed by atoms with Gasteiger partial charge in [-0.25, -0.2) is 9.97 Å². The van der Waals surface area contributed by atoms with Crippen molar-refractivity contribution in [2.24, 2.45) is 0 Å². The van der Waals surface area contributed by atoms with Gasteiger partial charge in [-0.05, 0) is 25.5 Å². The highest BCUT2D eigenvalue weighted by atomic mass is 32.2. The van der Waals surface area contributed by atoms with E-state index in [4.69, 9.17) is 5.73 Å². The zero-order chi connectivity index (χ0) is 14.8. The molecule has 0 bridgehead atoms. The van der Waals surface area contributed by atoms with Crippen molar-refractivity contribution < 1.29 is 0 Å². The van der Waals surface area contributed by atoms with Crippen molar-refractivity contribution in [2.75, 3.05) is 17.3 Å². The topological polar surface area (TPSA) is 63.8 Å². The van der Waals surface area contributed by atoms with Crippen LogP contribution in [0.1, 0.15) is 52.3 Å². The van der Waals surface area contributed by atoms with Crippen LogP contribution >= 0.6 is 11.8 Å². The molecule has 2 unspecified atom stereocenters. The first kappa shape index (κ1) is 15.4. The van der Waals surface area contributed by atoms with Crippen LogP contribution in [-0.4, -0.2) is 27.5 Å². The number of nitrogens with zero attached hydrogens (tertiary/aromatic N) is 2. The van der Waals surface area contributed by atoms with Crippen molar-refractivity contribution >= 4 is 23.4 Å². The van der Waals surface area contributed by atoms with Gasteiger partial charge in [0.15, 0.2) is 0 Å². The van der Waals surface area contributed by atoms with Gasteiger partial charge in [-0.2, -0.15) is 11.8 Å². The molecule has 1 aromatic heterocycles. The zero-order valence-electron chi connectivity index (χ0n) is 12.9. The van der Waals surface area contributed by atoms with Crippen LogP contribution in [-0.2, 0) is 5.41 Å². The summed E-state index contributed by atoms with van der Waals surface area (Å²) in [5.74, 6) is 2.22. The summed E-state index contributed by atoms with van der Waals surface area (Å²) < 4.78 is 0. The Hall–Kier alpha value is -0.970. The number of nitrogen functional groups attached to an aromatic ring is 1. The third-order valence-corrected chi connectivity index (χ3v) is 4.82. The van der Waals surface area contributed by atoms with Crippen LogP contribution in [0.4, 0.5) is 11.6 Å². The average molecular weight is 294 g/mol. The van der Waals surface area contributed by atoms with E-state index in [-0.39, 0.29) is 5.41 Å². The molecular weight excluding hydrogens is 268 g/mol. The van der Waals surface area contributed by atoms with Gasteiger partial charge in [0.1, 0.15) is 17.5 Å². The molecule has 20 heavy (non-hydrogen) atoms. The molecule has 5 heteroatoms. The van der Waals surface area contributed by atoms with Gasteiger partial charge in [0.05, 0.1) is 0 Å². The van der Waals surface area contributed by atoms with Gasteiger partial charge in [0.25, 0.3) is 0 Å². The van der Waals surface area contributed by atoms with Crippen molar-refractivity contribution in [2.45, 2.75) is 63.2 Å². The Kier molecular flexibility index (Phi) is 4.78. The molecule has 2 atom stereocenters. The first-order chi connectivity index (χ1) is 9.38. The highest BCUT2D eigenvalue weighted by Crippen LogP contribution is 2.29. The molecule has 1 heterocycles. The summed E-state index contributed by atoms with van der Waals surface area (Å²) >= 11 is 1.97. The number of anilines is 2. The molecule has 112 valence electrons. The molecule has 1 aliphatic rings. The fourth-order valence-corrected chi connectivity index (χ4v) is 3.40. The molecule has 0 amide bonds. The number of nitrogens with two attached hydrogens (primary N) is 1. The molecule has 0 aliphatic heterocycles. The van der Waals surface area contributed by atoms with Gasteiger partial charge < -0.3 is 11.1 Å². The Labute approximate surface area is 126 Å². The highest BCUT2D eigenvalue weighted by molar-refractivity contribution is 7.99. The molecule has 0 radical (unpaired) electrons. The zero-order valence-corrected chi connectivity index (χ0v) is 13.8. The summed E-state index contributed by atoms with van der Waals surface area (Å²) in [5, 5.41) is 4.32. The second-order valence-electron chi connectivity index (χ2n) is 6.62. The summed E-state index contributed by atoms with van der Waals surface area (Å²) in [7, 11) is 0. The Morgan fingerprint density at radius 1 is 1.30 bits per heavy atom. The highest BCUT2D eigenvalue weighted by Gasteiger charge is 2.23. The van der Waals surface area contributed by atoms with Crippen LogP contribution < -0.4 is 11.1 Å². The number of hydrogen-bond acceptors (Lipinski definition) is 5. The number of nitrogens with one attached hydrogen (secondary N) is 1. The molecule has 1 fully saturated rings. The third-order valence-electron chi connectivity index (χ3n) is 3.73. The lowest BCUT2D eigenvalue weighted by Crippen LogP contribution is -2.29. The largest absolute Gasteiger partial charge is 0.384 e. The van der Waals surface area contributed by atoms with Crippen molar-refractivity contribution in [3.05, 3.63) is 11.9 Å². The maximum absolute atomic E-state index is 5.92. The van der Waals surface area contributed by atoms with Crippen molar-refractivity contribution in [3.63, 3.8) is 0 Å². The Balaban J connectivity index is 2.11. The lowest BCUT2D eigenvalue weighted by atomic mass is 9.94. The first-order valence-electron chi connectivity index (χ1n) is 7.33. The summed E-state index contributed by atoms with van der Waals surface area (Å²) in [6, 6.07) is 2.35. The Morgan fingerprint density at radius 2 is 2.05 bits per heavy atom. The van der Waals surface area contributed by atoms with Crippen LogP contribution in [0, 0.1) is 0 Å². The molecular formula is C15H26N4S. The van der Waals surface area contributed by atoms with Gasteiger partial charge >= 0.3 is 0 Å². The summed E-state index contributed by atoms with van der Waals surface area (Å²) in [4.78, 5) is 8.99. The van der Waals surface area contributed by atoms with Crippen molar-refractivity contribution in [1.29, 1.82) is 0 Å². The predicted octanol–water partition coefficient (Wildman–Crippen LogP) is 3.44. The van der Waals surface area contributed by atoms with Gasteiger partial charge in [-0.15, -0.1) is 0 Å². The van der Waals surface area contributed by atoms with Crippen molar-refractivity contribution in [1.82, 2.24) is 9.97 Å². The van der Waals surface area contributed by atoms with Crippen LogP contribution in [0.2, 0.25) is 0 Å². The van der Waals surface area contributed by atoms with E-state index in [1.807, 2.05) is 17.8 Å². The monoisotopic (exact) mass is 294 g/mol. The molecule has 4 nitrogen and oxygen atoms in total. The van der Waals surface area contributed by atoms with Gasteiger partial charge in [-0.1, -0.05) is 27.2 Å². The summed E-state index contributed by atoms with van der Waals surface area (Å²) in [6.45, 7) is 6.32. The first-order valence-corrected chi connectivity index (χ1v) is 8.61. The number of rotatable bonds is 3. The van der Waals surface area contributed by atoms with E-state index in [1.165, 1.54) is 25.7 Å². The van der Waals surface area contributed by atoms with E-state index < -0.39 is 0 Å². The summed E-state index contributed by atoms with van der Waals surface area (Å²) in [5.41, 5.74) is 5.84. The van der Waals surface area contributed by atoms with E-state index in [2.05, 4.69) is 42.3 Å². The van der Waals surface area contributed by atoms with E-state index in [0.717, 1.165) is 16.9 Å². The minimum absolute atomic E-state index is 0.0832. The fraction of sp³-hybridized carbons (Fsp3) is 0.733. The lowest BCUT2D eigenvalue weighted by Gasteiger charge is -2.29. The van der Waals surface area contributed by atoms with Crippen LogP contribution in [0.5, 0.6) is 0 Å². The van der Waals surface area contributed by atoms with Gasteiger partial charge in [0.2, 0.25) is 0 Å². The van der Waals surface area contributed by atoms with Gasteiger partial charge in [0, 0.05) is 22.8 Å². The number of thioether (sulfide) groups is 1. The smallest absolute Gasteiger partial charge is 0.138 e. The van der Waals surface area contributed by atoms with Crippen LogP contribution in [0.25, 0.3) is 0 Å². The lowest BCUT2D eigenvalue weighted by molar-refractivity contribution is 0.471. The van der Waals surface area contributed by atoms with E-state index in [9.17, 15) is 0 Å². The molecule has 0 saturated heterocycles. The molecule has 1 saturated carbocycles. The molecule has 1 aliphatic carbocycles. The van der Waals surface area contributed by atoms with Crippen LogP contribution in [0.15, 0.2) is 6.07 Å². The maximum atomic E-state index is 5.92. The Bertz CT molecular complexity index is 456. The molecule has 0 spiro atoms. The standard InChI is InChI=1S/C15H26N4S/c1-15(2,3)14-18-12(16)9-13(19-14)17-10-6-5-7-11(8-10)20-4/h9-11H,5-8H2,1-4H3,(H3,16,17,18,19). The van der Waals surface area contributed by atoms with E-state index >= 15 is 0 Å². The second-order valence-corrected chi connectivity index (χ2v) is 7.76. The predicted molar refractivity (Wildman–Crippen MR) is 88.3 cm³/mol. The SMILES string of the molecule is CSC1CCCC(Nc2cc(N)nc(C(C)(C)C)n2)C1. The Morgan fingerprint density at radius 3 is 2.70 bits per heavy atom. The maximum Gasteiger partial charge on any atom is 0.138 e. The van der Waals surface area contributed by atoms with Crippen LogP contribution in [0.3, 0.4) is 0 Å². The quantitative estimate of drug-likeness (QED) is 0.894. The van der Waals surface area contributed by atoms with Crippen molar-refractivity contribution in [3.8, 4) is 0 Å². The third kappa shape index (κ3) is 4.01. The average Bonchev–Trinajstić information content (AvgIpc) is 2.37. The number of aromatic nitrogens is 2. The molecule has 1 aromatic rings. The minimum atomic E-state index is -0.0832. The molecule has 0 aromatic carbocycles. The van der Waals surface area contributed by atoms with E-state index in [1.54, 1.807) is 0 Å². The number of hydrogen-bond donors (Lipinski definition) is 2.